The largest absolute Gasteiger partial charge is 0.289 e. The molecule has 1 nitrogen and oxygen atoms in total. The van der Waals surface area contributed by atoms with Gasteiger partial charge in [-0.05, 0) is 37.1 Å². The van der Waals surface area contributed by atoms with E-state index in [-0.39, 0.29) is 5.78 Å². The van der Waals surface area contributed by atoms with Gasteiger partial charge in [-0.25, -0.2) is 0 Å². The summed E-state index contributed by atoms with van der Waals surface area (Å²) in [6, 6.07) is 16.2. The van der Waals surface area contributed by atoms with Crippen LogP contribution in [0.4, 0.5) is 0 Å². The van der Waals surface area contributed by atoms with Crippen LogP contribution in [-0.4, -0.2) is 11.5 Å². The van der Waals surface area contributed by atoms with E-state index in [1.807, 2.05) is 30.3 Å². The Morgan fingerprint density at radius 3 is 2.60 bits per heavy atom. The first-order chi connectivity index (χ1) is 9.74. The van der Waals surface area contributed by atoms with Crippen LogP contribution < -0.4 is 0 Å². The molecule has 0 radical (unpaired) electrons. The van der Waals surface area contributed by atoms with Crippen LogP contribution in [0, 0.1) is 6.92 Å². The molecule has 20 heavy (non-hydrogen) atoms. The number of Topliss-reactive ketones (excluding diaryl/α,β-unsaturated/α-hetero) is 1. The summed E-state index contributed by atoms with van der Waals surface area (Å²) >= 11 is 1.77. The maximum Gasteiger partial charge on any atom is 0.190 e. The molecule has 0 fully saturated rings. The number of hydrogen-bond donors (Lipinski definition) is 0. The van der Waals surface area contributed by atoms with Crippen molar-refractivity contribution < 1.29 is 4.79 Å². The zero-order valence-corrected chi connectivity index (χ0v) is 12.2. The van der Waals surface area contributed by atoms with Gasteiger partial charge in [0.2, 0.25) is 0 Å². The quantitative estimate of drug-likeness (QED) is 0.701. The Kier molecular flexibility index (Phi) is 3.75. The molecule has 2 heteroatoms. The van der Waals surface area contributed by atoms with Crippen molar-refractivity contribution in [3.8, 4) is 0 Å². The Morgan fingerprint density at radius 1 is 1.05 bits per heavy atom. The third-order valence-corrected chi connectivity index (χ3v) is 4.55. The lowest BCUT2D eigenvalue weighted by Crippen LogP contribution is -2.02. The van der Waals surface area contributed by atoms with E-state index in [4.69, 9.17) is 0 Å². The molecule has 2 aromatic carbocycles. The molecule has 100 valence electrons. The molecule has 0 aliphatic carbocycles. The summed E-state index contributed by atoms with van der Waals surface area (Å²) in [4.78, 5) is 13.7. The predicted octanol–water partition coefficient (Wildman–Crippen LogP) is 4.76. The molecule has 1 aliphatic rings. The van der Waals surface area contributed by atoms with Gasteiger partial charge in [-0.3, -0.25) is 4.79 Å². The molecule has 3 rings (SSSR count). The van der Waals surface area contributed by atoms with Gasteiger partial charge < -0.3 is 0 Å². The summed E-state index contributed by atoms with van der Waals surface area (Å²) in [6.07, 6.45) is 2.86. The van der Waals surface area contributed by atoms with Gasteiger partial charge in [-0.2, -0.15) is 0 Å². The lowest BCUT2D eigenvalue weighted by molar-refractivity contribution is 0.103. The van der Waals surface area contributed by atoms with Crippen molar-refractivity contribution in [1.29, 1.82) is 0 Å². The summed E-state index contributed by atoms with van der Waals surface area (Å²) < 4.78 is 0. The Hall–Kier alpha value is -1.80. The maximum atomic E-state index is 12.6. The highest BCUT2D eigenvalue weighted by Gasteiger charge is 2.19. The molecule has 1 aliphatic heterocycles. The first-order valence-electron chi connectivity index (χ1n) is 6.78. The van der Waals surface area contributed by atoms with Gasteiger partial charge in [0, 0.05) is 21.8 Å². The Bertz CT molecular complexity index is 668. The summed E-state index contributed by atoms with van der Waals surface area (Å²) in [5, 5.41) is 0. The second kappa shape index (κ2) is 5.68. The highest BCUT2D eigenvalue weighted by atomic mass is 32.2. The number of carbonyl (C=O) groups is 1. The Morgan fingerprint density at radius 2 is 1.80 bits per heavy atom. The minimum absolute atomic E-state index is 0.172. The molecule has 0 atom stereocenters. The third-order valence-electron chi connectivity index (χ3n) is 3.47. The summed E-state index contributed by atoms with van der Waals surface area (Å²) in [5.74, 6) is 1.13. The fourth-order valence-electron chi connectivity index (χ4n) is 2.34. The van der Waals surface area contributed by atoms with E-state index in [0.717, 1.165) is 33.8 Å². The van der Waals surface area contributed by atoms with Crippen molar-refractivity contribution in [2.24, 2.45) is 0 Å². The molecule has 0 spiro atoms. The van der Waals surface area contributed by atoms with Crippen LogP contribution in [0.5, 0.6) is 0 Å². The first-order valence-corrected chi connectivity index (χ1v) is 7.76. The van der Waals surface area contributed by atoms with Gasteiger partial charge in [0.05, 0.1) is 0 Å². The normalized spacial score (nSPS) is 16.9. The van der Waals surface area contributed by atoms with E-state index >= 15 is 0 Å². The van der Waals surface area contributed by atoms with Crippen LogP contribution >= 0.6 is 11.8 Å². The summed E-state index contributed by atoms with van der Waals surface area (Å²) in [6.45, 7) is 2.07. The highest BCUT2D eigenvalue weighted by Crippen LogP contribution is 2.31. The van der Waals surface area contributed by atoms with Crippen LogP contribution in [0.3, 0.4) is 0 Å². The number of thioether (sulfide) groups is 1. The van der Waals surface area contributed by atoms with E-state index in [1.165, 1.54) is 5.56 Å². The van der Waals surface area contributed by atoms with Crippen molar-refractivity contribution >= 4 is 23.6 Å². The van der Waals surface area contributed by atoms with E-state index in [0.29, 0.717) is 0 Å². The number of ketones is 1. The van der Waals surface area contributed by atoms with Crippen molar-refractivity contribution in [2.75, 3.05) is 5.75 Å². The Labute approximate surface area is 123 Å². The molecule has 2 aromatic rings. The van der Waals surface area contributed by atoms with Gasteiger partial charge in [0.25, 0.3) is 0 Å². The van der Waals surface area contributed by atoms with E-state index in [1.54, 1.807) is 11.8 Å². The molecule has 0 saturated heterocycles. The predicted molar refractivity (Wildman–Crippen MR) is 85.3 cm³/mol. The van der Waals surface area contributed by atoms with Crippen LogP contribution in [0.15, 0.2) is 59.0 Å². The fourth-order valence-corrected chi connectivity index (χ4v) is 3.37. The number of benzene rings is 2. The Balaban J connectivity index is 1.98. The number of hydrogen-bond acceptors (Lipinski definition) is 2. The number of aryl methyl sites for hydroxylation is 1. The molecule has 0 saturated carbocycles. The number of allylic oxidation sites excluding steroid dienone is 1. The standard InChI is InChI=1S/C18H16OS/c1-13-6-8-14(9-7-13)12-15-10-11-20-17-5-3-2-4-16(17)18(15)19/h2-9,12H,10-11H2,1H3/b15-12+. The second-order valence-corrected chi connectivity index (χ2v) is 6.14. The van der Waals surface area contributed by atoms with Crippen molar-refractivity contribution in [3.63, 3.8) is 0 Å². The number of fused-ring (bicyclic) bond motifs is 1. The van der Waals surface area contributed by atoms with Crippen LogP contribution in [0.1, 0.15) is 27.9 Å². The van der Waals surface area contributed by atoms with Crippen LogP contribution in [0.2, 0.25) is 0 Å². The first kappa shape index (κ1) is 13.2. The molecule has 0 amide bonds. The molecular formula is C18H16OS. The zero-order valence-electron chi connectivity index (χ0n) is 11.4. The molecule has 1 heterocycles. The average Bonchev–Trinajstić information content (AvgIpc) is 2.62. The summed E-state index contributed by atoms with van der Waals surface area (Å²) in [7, 11) is 0. The van der Waals surface area contributed by atoms with Crippen LogP contribution in [-0.2, 0) is 0 Å². The molecule has 0 aromatic heterocycles. The zero-order chi connectivity index (χ0) is 13.9. The van der Waals surface area contributed by atoms with E-state index < -0.39 is 0 Å². The minimum Gasteiger partial charge on any atom is -0.289 e. The SMILES string of the molecule is Cc1ccc(/C=C2\CCSc3ccccc3C2=O)cc1. The van der Waals surface area contributed by atoms with Crippen LogP contribution in [0.25, 0.3) is 6.08 Å². The van der Waals surface area contributed by atoms with E-state index in [2.05, 4.69) is 31.2 Å². The van der Waals surface area contributed by atoms with Crippen molar-refractivity contribution in [3.05, 3.63) is 70.8 Å². The molecule has 0 unspecified atom stereocenters. The van der Waals surface area contributed by atoms with Crippen molar-refractivity contribution in [1.82, 2.24) is 0 Å². The maximum absolute atomic E-state index is 12.6. The number of carbonyl (C=O) groups excluding carboxylic acids is 1. The van der Waals surface area contributed by atoms with Gasteiger partial charge in [0.1, 0.15) is 0 Å². The monoisotopic (exact) mass is 280 g/mol. The molecule has 0 bridgehead atoms. The van der Waals surface area contributed by atoms with Gasteiger partial charge in [-0.15, -0.1) is 11.8 Å². The third kappa shape index (κ3) is 2.70. The average molecular weight is 280 g/mol. The second-order valence-electron chi connectivity index (χ2n) is 5.00. The molecule has 0 N–H and O–H groups in total. The number of rotatable bonds is 1. The minimum atomic E-state index is 0.172. The van der Waals surface area contributed by atoms with Gasteiger partial charge >= 0.3 is 0 Å². The lowest BCUT2D eigenvalue weighted by Gasteiger charge is -2.04. The fraction of sp³-hybridized carbons (Fsp3) is 0.167. The smallest absolute Gasteiger partial charge is 0.190 e. The highest BCUT2D eigenvalue weighted by molar-refractivity contribution is 7.99. The van der Waals surface area contributed by atoms with Gasteiger partial charge in [0.15, 0.2) is 5.78 Å². The van der Waals surface area contributed by atoms with E-state index in [9.17, 15) is 4.79 Å². The van der Waals surface area contributed by atoms with Gasteiger partial charge in [-0.1, -0.05) is 42.0 Å². The van der Waals surface area contributed by atoms with Crippen molar-refractivity contribution in [2.45, 2.75) is 18.2 Å². The lowest BCUT2D eigenvalue weighted by atomic mass is 9.99. The topological polar surface area (TPSA) is 17.1 Å². The molecular weight excluding hydrogens is 264 g/mol. The summed E-state index contributed by atoms with van der Waals surface area (Å²) in [5.41, 5.74) is 4.09.